The lowest BCUT2D eigenvalue weighted by molar-refractivity contribution is 0.537. The summed E-state index contributed by atoms with van der Waals surface area (Å²) in [7, 11) is 0. The number of nitrogens with zero attached hydrogens (tertiary/aromatic N) is 2. The van der Waals surface area contributed by atoms with E-state index in [1.807, 2.05) is 13.8 Å². The van der Waals surface area contributed by atoms with Crippen LogP contribution in [0.15, 0.2) is 15.5 Å². The molecule has 6 heteroatoms. The third kappa shape index (κ3) is 3.81. The van der Waals surface area contributed by atoms with Gasteiger partial charge in [0.2, 0.25) is 0 Å². The van der Waals surface area contributed by atoms with Crippen LogP contribution < -0.4 is 16.6 Å². The van der Waals surface area contributed by atoms with Crippen molar-refractivity contribution in [3.8, 4) is 0 Å². The largest absolute Gasteiger partial charge is 0.377 e. The second-order valence-electron chi connectivity index (χ2n) is 4.97. The predicted octanol–water partition coefficient (Wildman–Crippen LogP) is 1.96. The van der Waals surface area contributed by atoms with Crippen LogP contribution in [0.25, 0.3) is 0 Å². The molecule has 18 heavy (non-hydrogen) atoms. The lowest BCUT2D eigenvalue weighted by Gasteiger charge is -2.26. The maximum atomic E-state index is 12.1. The molecule has 0 spiro atoms. The summed E-state index contributed by atoms with van der Waals surface area (Å²) in [6.45, 7) is 7.15. The molecule has 0 fully saturated rings. The molecule has 0 aromatic carbocycles. The highest BCUT2D eigenvalue weighted by Crippen LogP contribution is 2.20. The summed E-state index contributed by atoms with van der Waals surface area (Å²) in [6.07, 6.45) is 3.64. The monoisotopic (exact) mass is 316 g/mol. The summed E-state index contributed by atoms with van der Waals surface area (Å²) < 4.78 is 1.99. The van der Waals surface area contributed by atoms with E-state index in [9.17, 15) is 4.79 Å². The number of aryl methyl sites for hydroxylation is 1. The summed E-state index contributed by atoms with van der Waals surface area (Å²) in [4.78, 5) is 12.1. The molecule has 1 aromatic heterocycles. The maximum absolute atomic E-state index is 12.1. The highest BCUT2D eigenvalue weighted by atomic mass is 79.9. The first-order chi connectivity index (χ1) is 8.41. The number of nitrogens with two attached hydrogens (primary N) is 1. The Morgan fingerprint density at radius 2 is 2.22 bits per heavy atom. The fourth-order valence-corrected chi connectivity index (χ4v) is 1.84. The first-order valence-electron chi connectivity index (χ1n) is 6.15. The van der Waals surface area contributed by atoms with Crippen LogP contribution in [0.4, 0.5) is 5.69 Å². The van der Waals surface area contributed by atoms with Crippen LogP contribution in [-0.2, 0) is 6.54 Å². The van der Waals surface area contributed by atoms with Gasteiger partial charge in [-0.2, -0.15) is 5.10 Å². The van der Waals surface area contributed by atoms with Gasteiger partial charge < -0.3 is 11.1 Å². The molecule has 0 aliphatic heterocycles. The summed E-state index contributed by atoms with van der Waals surface area (Å²) in [5.41, 5.74) is 5.96. The topological polar surface area (TPSA) is 72.9 Å². The quantitative estimate of drug-likeness (QED) is 0.841. The maximum Gasteiger partial charge on any atom is 0.283 e. The van der Waals surface area contributed by atoms with E-state index < -0.39 is 0 Å². The number of aromatic nitrogens is 2. The van der Waals surface area contributed by atoms with Crippen LogP contribution in [0, 0.1) is 0 Å². The van der Waals surface area contributed by atoms with Crippen LogP contribution in [0.5, 0.6) is 0 Å². The molecule has 0 radical (unpaired) electrons. The number of unbranched alkanes of at least 4 members (excludes halogenated alkanes) is 1. The molecule has 102 valence electrons. The van der Waals surface area contributed by atoms with Crippen LogP contribution in [0.1, 0.15) is 33.6 Å². The average molecular weight is 317 g/mol. The lowest BCUT2D eigenvalue weighted by Crippen LogP contribution is -2.40. The van der Waals surface area contributed by atoms with Crippen molar-refractivity contribution in [1.82, 2.24) is 9.78 Å². The zero-order valence-corrected chi connectivity index (χ0v) is 12.7. The average Bonchev–Trinajstić information content (AvgIpc) is 2.34. The zero-order chi connectivity index (χ0) is 13.8. The summed E-state index contributed by atoms with van der Waals surface area (Å²) in [5.74, 6) is 0. The van der Waals surface area contributed by atoms with Gasteiger partial charge in [0.05, 0.1) is 11.9 Å². The third-order valence-corrected chi connectivity index (χ3v) is 3.46. The van der Waals surface area contributed by atoms with Gasteiger partial charge in [-0.05, 0) is 36.2 Å². The van der Waals surface area contributed by atoms with Gasteiger partial charge in [0, 0.05) is 18.6 Å². The van der Waals surface area contributed by atoms with Gasteiger partial charge in [-0.25, -0.2) is 4.68 Å². The van der Waals surface area contributed by atoms with E-state index in [0.29, 0.717) is 23.2 Å². The molecule has 1 aromatic rings. The van der Waals surface area contributed by atoms with Crippen molar-refractivity contribution < 1.29 is 0 Å². The van der Waals surface area contributed by atoms with Gasteiger partial charge in [-0.15, -0.1) is 0 Å². The Morgan fingerprint density at radius 1 is 1.56 bits per heavy atom. The van der Waals surface area contributed by atoms with E-state index in [1.165, 1.54) is 4.68 Å². The van der Waals surface area contributed by atoms with Crippen LogP contribution in [-0.4, -0.2) is 21.9 Å². The van der Waals surface area contributed by atoms with Crippen molar-refractivity contribution in [3.63, 3.8) is 0 Å². The molecule has 5 nitrogen and oxygen atoms in total. The molecule has 0 unspecified atom stereocenters. The van der Waals surface area contributed by atoms with Crippen molar-refractivity contribution in [1.29, 1.82) is 0 Å². The summed E-state index contributed by atoms with van der Waals surface area (Å²) >= 11 is 3.33. The van der Waals surface area contributed by atoms with Crippen molar-refractivity contribution in [2.24, 2.45) is 5.73 Å². The molecule has 0 atom stereocenters. The number of hydrogen-bond donors (Lipinski definition) is 2. The van der Waals surface area contributed by atoms with Gasteiger partial charge in [-0.3, -0.25) is 4.79 Å². The van der Waals surface area contributed by atoms with E-state index in [4.69, 9.17) is 5.73 Å². The van der Waals surface area contributed by atoms with Crippen LogP contribution >= 0.6 is 15.9 Å². The van der Waals surface area contributed by atoms with Crippen molar-refractivity contribution in [3.05, 3.63) is 21.0 Å². The SMILES string of the molecule is CCCCn1ncc(NC(C)(C)CN)c(Br)c1=O. The Balaban J connectivity index is 2.98. The minimum Gasteiger partial charge on any atom is -0.377 e. The first kappa shape index (κ1) is 15.2. The zero-order valence-electron chi connectivity index (χ0n) is 11.2. The van der Waals surface area contributed by atoms with Crippen molar-refractivity contribution in [2.75, 3.05) is 11.9 Å². The Bertz CT molecular complexity index is 456. The normalized spacial score (nSPS) is 11.6. The molecule has 3 N–H and O–H groups in total. The molecular weight excluding hydrogens is 296 g/mol. The van der Waals surface area contributed by atoms with E-state index >= 15 is 0 Å². The lowest BCUT2D eigenvalue weighted by atomic mass is 10.1. The summed E-state index contributed by atoms with van der Waals surface area (Å²) in [5, 5.41) is 7.38. The van der Waals surface area contributed by atoms with E-state index in [0.717, 1.165) is 12.8 Å². The molecular formula is C12H21BrN4O. The standard InChI is InChI=1S/C12H21BrN4O/c1-4-5-6-17-11(18)10(13)9(7-15-17)16-12(2,3)8-14/h7,16H,4-6,8,14H2,1-3H3. The van der Waals surface area contributed by atoms with Crippen LogP contribution in [0.3, 0.4) is 0 Å². The number of rotatable bonds is 6. The second-order valence-corrected chi connectivity index (χ2v) is 5.76. The van der Waals surface area contributed by atoms with Crippen molar-refractivity contribution in [2.45, 2.75) is 45.7 Å². The smallest absolute Gasteiger partial charge is 0.283 e. The molecule has 0 saturated heterocycles. The second kappa shape index (κ2) is 6.33. The van der Waals surface area contributed by atoms with Gasteiger partial charge in [0.15, 0.2) is 0 Å². The predicted molar refractivity (Wildman–Crippen MR) is 77.9 cm³/mol. The van der Waals surface area contributed by atoms with Crippen molar-refractivity contribution >= 4 is 21.6 Å². The van der Waals surface area contributed by atoms with E-state index in [-0.39, 0.29) is 11.1 Å². The molecule has 0 aliphatic carbocycles. The van der Waals surface area contributed by atoms with Gasteiger partial charge >= 0.3 is 0 Å². The Labute approximate surface area is 116 Å². The van der Waals surface area contributed by atoms with Crippen LogP contribution in [0.2, 0.25) is 0 Å². The fraction of sp³-hybridized carbons (Fsp3) is 0.667. The number of halogens is 1. The van der Waals surface area contributed by atoms with E-state index in [2.05, 4.69) is 33.3 Å². The molecule has 1 heterocycles. The highest BCUT2D eigenvalue weighted by molar-refractivity contribution is 9.10. The molecule has 0 aliphatic rings. The number of nitrogens with one attached hydrogen (secondary N) is 1. The van der Waals surface area contributed by atoms with Gasteiger partial charge in [0.25, 0.3) is 5.56 Å². The molecule has 0 saturated carbocycles. The number of anilines is 1. The Kier molecular flexibility index (Phi) is 5.34. The van der Waals surface area contributed by atoms with Gasteiger partial charge in [0.1, 0.15) is 4.47 Å². The summed E-state index contributed by atoms with van der Waals surface area (Å²) in [6, 6.07) is 0. The number of hydrogen-bond acceptors (Lipinski definition) is 4. The third-order valence-electron chi connectivity index (χ3n) is 2.69. The van der Waals surface area contributed by atoms with Gasteiger partial charge in [-0.1, -0.05) is 13.3 Å². The minimum absolute atomic E-state index is 0.110. The molecule has 0 bridgehead atoms. The Morgan fingerprint density at radius 3 is 2.78 bits per heavy atom. The molecule has 1 rings (SSSR count). The molecule has 0 amide bonds. The first-order valence-corrected chi connectivity index (χ1v) is 6.94. The Hall–Kier alpha value is -0.880. The van der Waals surface area contributed by atoms with E-state index in [1.54, 1.807) is 6.20 Å². The minimum atomic E-state index is -0.272. The highest BCUT2D eigenvalue weighted by Gasteiger charge is 2.18. The fourth-order valence-electron chi connectivity index (χ4n) is 1.43.